The molecule has 0 radical (unpaired) electrons. The van der Waals surface area contributed by atoms with Gasteiger partial charge in [0, 0.05) is 12.1 Å². The third-order valence-corrected chi connectivity index (χ3v) is 2.56. The maximum absolute atomic E-state index is 11.1. The summed E-state index contributed by atoms with van der Waals surface area (Å²) in [6, 6.07) is 6.92. The highest BCUT2D eigenvalue weighted by Crippen LogP contribution is 2.07. The monoisotopic (exact) mass is 235 g/mol. The third kappa shape index (κ3) is 3.57. The fourth-order valence-electron chi connectivity index (χ4n) is 1.24. The van der Waals surface area contributed by atoms with Crippen molar-refractivity contribution in [2.45, 2.75) is 25.9 Å². The van der Waals surface area contributed by atoms with Crippen molar-refractivity contribution in [2.24, 2.45) is 11.5 Å². The lowest BCUT2D eigenvalue weighted by Gasteiger charge is -2.22. The van der Waals surface area contributed by atoms with Gasteiger partial charge in [-0.2, -0.15) is 0 Å². The summed E-state index contributed by atoms with van der Waals surface area (Å²) < 4.78 is 0. The van der Waals surface area contributed by atoms with Crippen LogP contribution in [0.25, 0.3) is 0 Å². The fourth-order valence-corrected chi connectivity index (χ4v) is 1.24. The summed E-state index contributed by atoms with van der Waals surface area (Å²) >= 11 is 0. The summed E-state index contributed by atoms with van der Waals surface area (Å²) in [7, 11) is 0. The molecule has 0 aliphatic heterocycles. The van der Waals surface area contributed by atoms with E-state index in [0.717, 1.165) is 5.56 Å². The van der Waals surface area contributed by atoms with Gasteiger partial charge in [-0.3, -0.25) is 14.9 Å². The second kappa shape index (κ2) is 4.97. The lowest BCUT2D eigenvalue weighted by molar-refractivity contribution is -0.123. The molecule has 17 heavy (non-hydrogen) atoms. The van der Waals surface area contributed by atoms with Gasteiger partial charge in [0.2, 0.25) is 11.8 Å². The summed E-state index contributed by atoms with van der Waals surface area (Å²) in [6.45, 7) is 3.84. The second-order valence-electron chi connectivity index (χ2n) is 4.41. The minimum Gasteiger partial charge on any atom is -0.368 e. The van der Waals surface area contributed by atoms with Gasteiger partial charge in [0.05, 0.1) is 5.54 Å². The summed E-state index contributed by atoms with van der Waals surface area (Å²) in [5.74, 6) is -0.899. The van der Waals surface area contributed by atoms with Crippen molar-refractivity contribution in [1.82, 2.24) is 5.32 Å². The number of benzene rings is 1. The highest BCUT2D eigenvalue weighted by Gasteiger charge is 2.23. The van der Waals surface area contributed by atoms with Gasteiger partial charge in [0.1, 0.15) is 0 Å². The molecule has 0 aliphatic carbocycles. The lowest BCUT2D eigenvalue weighted by Crippen LogP contribution is -2.50. The molecule has 0 heterocycles. The van der Waals surface area contributed by atoms with Crippen LogP contribution in [0.3, 0.4) is 0 Å². The Balaban J connectivity index is 2.73. The smallest absolute Gasteiger partial charge is 0.248 e. The number of hydrogen-bond acceptors (Lipinski definition) is 3. The van der Waals surface area contributed by atoms with Crippen molar-refractivity contribution in [3.63, 3.8) is 0 Å². The predicted molar refractivity (Wildman–Crippen MR) is 65.1 cm³/mol. The van der Waals surface area contributed by atoms with Crippen LogP contribution in [0.4, 0.5) is 0 Å². The molecule has 0 atom stereocenters. The van der Waals surface area contributed by atoms with Crippen LogP contribution in [0.15, 0.2) is 24.3 Å². The van der Waals surface area contributed by atoms with Crippen molar-refractivity contribution < 1.29 is 9.59 Å². The number of carbonyl (C=O) groups is 2. The van der Waals surface area contributed by atoms with Gasteiger partial charge in [0.15, 0.2) is 0 Å². The van der Waals surface area contributed by atoms with Crippen LogP contribution in [-0.4, -0.2) is 17.4 Å². The Morgan fingerprint density at radius 3 is 2.47 bits per heavy atom. The molecule has 5 N–H and O–H groups in total. The number of primary amides is 2. The molecule has 5 nitrogen and oxygen atoms in total. The molecule has 0 saturated carbocycles. The minimum absolute atomic E-state index is 0.427. The van der Waals surface area contributed by atoms with E-state index in [-0.39, 0.29) is 0 Å². The Morgan fingerprint density at radius 2 is 1.94 bits per heavy atom. The normalized spacial score (nSPS) is 11.2. The Morgan fingerprint density at radius 1 is 1.29 bits per heavy atom. The summed E-state index contributed by atoms with van der Waals surface area (Å²) in [5, 5.41) is 3.01. The maximum atomic E-state index is 11.1. The van der Waals surface area contributed by atoms with E-state index in [1.165, 1.54) is 0 Å². The van der Waals surface area contributed by atoms with Gasteiger partial charge < -0.3 is 11.5 Å². The van der Waals surface area contributed by atoms with Gasteiger partial charge in [-0.1, -0.05) is 12.1 Å². The number of nitrogens with two attached hydrogens (primary N) is 2. The molecule has 1 rings (SSSR count). The van der Waals surface area contributed by atoms with Gasteiger partial charge in [-0.15, -0.1) is 0 Å². The van der Waals surface area contributed by atoms with Crippen LogP contribution >= 0.6 is 0 Å². The van der Waals surface area contributed by atoms with E-state index in [1.807, 2.05) is 6.07 Å². The molecule has 1 aromatic rings. The van der Waals surface area contributed by atoms with E-state index >= 15 is 0 Å². The Labute approximate surface area is 100 Å². The predicted octanol–water partition coefficient (Wildman–Crippen LogP) is 0.139. The SMILES string of the molecule is CC(C)(NCc1cccc(C(N)=O)c1)C(N)=O. The Kier molecular flexibility index (Phi) is 3.85. The highest BCUT2D eigenvalue weighted by atomic mass is 16.1. The Hall–Kier alpha value is -1.88. The molecule has 2 amide bonds. The number of nitrogens with one attached hydrogen (secondary N) is 1. The number of carbonyl (C=O) groups excluding carboxylic acids is 2. The van der Waals surface area contributed by atoms with Crippen molar-refractivity contribution in [2.75, 3.05) is 0 Å². The quantitative estimate of drug-likeness (QED) is 0.677. The van der Waals surface area contributed by atoms with E-state index in [1.54, 1.807) is 32.0 Å². The zero-order chi connectivity index (χ0) is 13.1. The molecule has 5 heteroatoms. The van der Waals surface area contributed by atoms with Gasteiger partial charge in [-0.25, -0.2) is 0 Å². The number of amides is 2. The molecular weight excluding hydrogens is 218 g/mol. The maximum Gasteiger partial charge on any atom is 0.248 e. The van der Waals surface area contributed by atoms with Gasteiger partial charge >= 0.3 is 0 Å². The average Bonchev–Trinajstić information content (AvgIpc) is 2.26. The standard InChI is InChI=1S/C12H17N3O2/c1-12(2,11(14)17)15-7-8-4-3-5-9(6-8)10(13)16/h3-6,15H,7H2,1-2H3,(H2,13,16)(H2,14,17). The molecule has 0 aromatic heterocycles. The first-order valence-corrected chi connectivity index (χ1v) is 5.26. The first kappa shape index (κ1) is 13.2. The molecule has 0 aliphatic rings. The van der Waals surface area contributed by atoms with Crippen LogP contribution in [0.5, 0.6) is 0 Å². The summed E-state index contributed by atoms with van der Waals surface area (Å²) in [4.78, 5) is 22.1. The van der Waals surface area contributed by atoms with Crippen LogP contribution in [0.1, 0.15) is 29.8 Å². The van der Waals surface area contributed by atoms with Crippen molar-refractivity contribution in [3.05, 3.63) is 35.4 Å². The third-order valence-electron chi connectivity index (χ3n) is 2.56. The lowest BCUT2D eigenvalue weighted by atomic mass is 10.0. The van der Waals surface area contributed by atoms with E-state index in [0.29, 0.717) is 12.1 Å². The largest absolute Gasteiger partial charge is 0.368 e. The molecule has 92 valence electrons. The molecule has 0 fully saturated rings. The van der Waals surface area contributed by atoms with Crippen LogP contribution in [0, 0.1) is 0 Å². The minimum atomic E-state index is -0.789. The topological polar surface area (TPSA) is 98.2 Å². The molecule has 0 saturated heterocycles. The van der Waals surface area contributed by atoms with E-state index in [2.05, 4.69) is 5.32 Å². The summed E-state index contributed by atoms with van der Waals surface area (Å²) in [5.41, 5.74) is 10.9. The zero-order valence-electron chi connectivity index (χ0n) is 9.99. The average molecular weight is 235 g/mol. The van der Waals surface area contributed by atoms with E-state index < -0.39 is 17.4 Å². The molecular formula is C12H17N3O2. The first-order valence-electron chi connectivity index (χ1n) is 5.26. The Bertz CT molecular complexity index is 441. The highest BCUT2D eigenvalue weighted by molar-refractivity contribution is 5.92. The van der Waals surface area contributed by atoms with Crippen molar-refractivity contribution in [1.29, 1.82) is 0 Å². The molecule has 1 aromatic carbocycles. The van der Waals surface area contributed by atoms with Crippen LogP contribution < -0.4 is 16.8 Å². The van der Waals surface area contributed by atoms with Crippen molar-refractivity contribution in [3.8, 4) is 0 Å². The van der Waals surface area contributed by atoms with E-state index in [4.69, 9.17) is 11.5 Å². The first-order chi connectivity index (χ1) is 7.83. The van der Waals surface area contributed by atoms with Crippen LogP contribution in [0.2, 0.25) is 0 Å². The zero-order valence-corrected chi connectivity index (χ0v) is 9.99. The number of hydrogen-bond donors (Lipinski definition) is 3. The fraction of sp³-hybridized carbons (Fsp3) is 0.333. The summed E-state index contributed by atoms with van der Waals surface area (Å²) in [6.07, 6.45) is 0. The van der Waals surface area contributed by atoms with E-state index in [9.17, 15) is 9.59 Å². The van der Waals surface area contributed by atoms with Crippen molar-refractivity contribution >= 4 is 11.8 Å². The van der Waals surface area contributed by atoms with Crippen LogP contribution in [-0.2, 0) is 11.3 Å². The van der Waals surface area contributed by atoms with Gasteiger partial charge in [-0.05, 0) is 31.5 Å². The van der Waals surface area contributed by atoms with Gasteiger partial charge in [0.25, 0.3) is 0 Å². The molecule has 0 bridgehead atoms. The second-order valence-corrected chi connectivity index (χ2v) is 4.41. The molecule has 0 unspecified atom stereocenters. The number of rotatable bonds is 5. The molecule has 0 spiro atoms.